The van der Waals surface area contributed by atoms with Crippen molar-refractivity contribution in [2.24, 2.45) is 5.41 Å². The fourth-order valence-electron chi connectivity index (χ4n) is 2.52. The van der Waals surface area contributed by atoms with Crippen LogP contribution in [0.2, 0.25) is 0 Å². The van der Waals surface area contributed by atoms with Crippen LogP contribution >= 0.6 is 15.9 Å². The van der Waals surface area contributed by atoms with E-state index in [1.54, 1.807) is 0 Å². The Hall–Kier alpha value is -0.340. The SMILES string of the molecule is CC1(CNCc2ccc(Br)cc2)CCCC1. The van der Waals surface area contributed by atoms with Crippen molar-refractivity contribution in [1.82, 2.24) is 5.32 Å². The molecule has 16 heavy (non-hydrogen) atoms. The Morgan fingerprint density at radius 1 is 1.19 bits per heavy atom. The molecule has 0 heterocycles. The van der Waals surface area contributed by atoms with Gasteiger partial charge in [0.15, 0.2) is 0 Å². The van der Waals surface area contributed by atoms with Gasteiger partial charge in [-0.2, -0.15) is 0 Å². The molecule has 0 radical (unpaired) electrons. The molecule has 1 aliphatic rings. The van der Waals surface area contributed by atoms with Crippen LogP contribution in [0, 0.1) is 5.41 Å². The lowest BCUT2D eigenvalue weighted by Gasteiger charge is -2.23. The van der Waals surface area contributed by atoms with Crippen LogP contribution < -0.4 is 5.32 Å². The molecule has 0 amide bonds. The number of rotatable bonds is 4. The van der Waals surface area contributed by atoms with Crippen LogP contribution in [0.4, 0.5) is 0 Å². The minimum atomic E-state index is 0.551. The summed E-state index contributed by atoms with van der Waals surface area (Å²) < 4.78 is 1.15. The summed E-state index contributed by atoms with van der Waals surface area (Å²) in [6.45, 7) is 4.56. The molecule has 1 aromatic rings. The van der Waals surface area contributed by atoms with Gasteiger partial charge in [-0.3, -0.25) is 0 Å². The van der Waals surface area contributed by atoms with Crippen LogP contribution in [-0.2, 0) is 6.54 Å². The molecule has 1 fully saturated rings. The monoisotopic (exact) mass is 281 g/mol. The van der Waals surface area contributed by atoms with E-state index in [1.807, 2.05) is 0 Å². The minimum Gasteiger partial charge on any atom is -0.312 e. The van der Waals surface area contributed by atoms with Crippen molar-refractivity contribution in [2.75, 3.05) is 6.54 Å². The summed E-state index contributed by atoms with van der Waals surface area (Å²) in [5.41, 5.74) is 1.92. The zero-order valence-corrected chi connectivity index (χ0v) is 11.5. The number of benzene rings is 1. The lowest BCUT2D eigenvalue weighted by atomic mass is 9.89. The van der Waals surface area contributed by atoms with Gasteiger partial charge >= 0.3 is 0 Å². The molecule has 0 unspecified atom stereocenters. The Labute approximate surface area is 107 Å². The van der Waals surface area contributed by atoms with Gasteiger partial charge < -0.3 is 5.32 Å². The summed E-state index contributed by atoms with van der Waals surface area (Å²) in [5.74, 6) is 0. The third-order valence-electron chi connectivity index (χ3n) is 3.60. The number of nitrogens with one attached hydrogen (secondary N) is 1. The molecule has 0 aromatic heterocycles. The Kier molecular flexibility index (Phi) is 4.04. The molecule has 2 rings (SSSR count). The highest BCUT2D eigenvalue weighted by molar-refractivity contribution is 9.10. The zero-order chi connectivity index (χ0) is 11.4. The van der Waals surface area contributed by atoms with Gasteiger partial charge in [-0.15, -0.1) is 0 Å². The van der Waals surface area contributed by atoms with Gasteiger partial charge in [0.1, 0.15) is 0 Å². The number of hydrogen-bond acceptors (Lipinski definition) is 1. The normalized spacial score (nSPS) is 18.9. The van der Waals surface area contributed by atoms with E-state index in [1.165, 1.54) is 31.2 Å². The highest BCUT2D eigenvalue weighted by Gasteiger charge is 2.27. The van der Waals surface area contributed by atoms with Crippen molar-refractivity contribution < 1.29 is 0 Å². The quantitative estimate of drug-likeness (QED) is 0.876. The summed E-state index contributed by atoms with van der Waals surface area (Å²) >= 11 is 3.46. The molecule has 2 heteroatoms. The first-order valence-corrected chi connectivity index (χ1v) is 6.92. The fourth-order valence-corrected chi connectivity index (χ4v) is 2.78. The molecule has 0 saturated heterocycles. The highest BCUT2D eigenvalue weighted by atomic mass is 79.9. The molecule has 0 aliphatic heterocycles. The predicted molar refractivity (Wildman–Crippen MR) is 72.4 cm³/mol. The van der Waals surface area contributed by atoms with E-state index in [2.05, 4.69) is 52.4 Å². The molecule has 1 nitrogen and oxygen atoms in total. The molecular weight excluding hydrogens is 262 g/mol. The van der Waals surface area contributed by atoms with Crippen LogP contribution in [0.3, 0.4) is 0 Å². The van der Waals surface area contributed by atoms with Crippen LogP contribution in [-0.4, -0.2) is 6.54 Å². The van der Waals surface area contributed by atoms with Gasteiger partial charge in [0, 0.05) is 17.6 Å². The lowest BCUT2D eigenvalue weighted by molar-refractivity contribution is 0.314. The molecule has 0 atom stereocenters. The molecule has 1 aromatic carbocycles. The molecule has 1 saturated carbocycles. The second-order valence-corrected chi connectivity index (χ2v) is 6.16. The van der Waals surface area contributed by atoms with E-state index in [-0.39, 0.29) is 0 Å². The Bertz CT molecular complexity index is 325. The van der Waals surface area contributed by atoms with Gasteiger partial charge in [0.05, 0.1) is 0 Å². The van der Waals surface area contributed by atoms with Crippen molar-refractivity contribution in [3.05, 3.63) is 34.3 Å². The molecule has 0 spiro atoms. The van der Waals surface area contributed by atoms with Gasteiger partial charge in [-0.05, 0) is 36.0 Å². The van der Waals surface area contributed by atoms with Crippen LogP contribution in [0.15, 0.2) is 28.7 Å². The summed E-state index contributed by atoms with van der Waals surface area (Å²) in [5, 5.41) is 3.59. The van der Waals surface area contributed by atoms with Crippen molar-refractivity contribution in [2.45, 2.75) is 39.2 Å². The maximum atomic E-state index is 3.59. The molecule has 88 valence electrons. The second-order valence-electron chi connectivity index (χ2n) is 5.25. The zero-order valence-electron chi connectivity index (χ0n) is 9.93. The van der Waals surface area contributed by atoms with Crippen molar-refractivity contribution in [1.29, 1.82) is 0 Å². The Morgan fingerprint density at radius 3 is 2.44 bits per heavy atom. The third kappa shape index (κ3) is 3.33. The van der Waals surface area contributed by atoms with Crippen molar-refractivity contribution >= 4 is 15.9 Å². The van der Waals surface area contributed by atoms with Crippen molar-refractivity contribution in [3.63, 3.8) is 0 Å². The maximum absolute atomic E-state index is 3.59. The topological polar surface area (TPSA) is 12.0 Å². The number of halogens is 1. The van der Waals surface area contributed by atoms with E-state index in [9.17, 15) is 0 Å². The summed E-state index contributed by atoms with van der Waals surface area (Å²) in [6, 6.07) is 8.56. The van der Waals surface area contributed by atoms with E-state index >= 15 is 0 Å². The van der Waals surface area contributed by atoms with Crippen LogP contribution in [0.1, 0.15) is 38.2 Å². The Balaban J connectivity index is 1.77. The average molecular weight is 282 g/mol. The van der Waals surface area contributed by atoms with E-state index in [0.29, 0.717) is 5.41 Å². The summed E-state index contributed by atoms with van der Waals surface area (Å²) in [4.78, 5) is 0. The molecule has 0 bridgehead atoms. The predicted octanol–water partition coefficient (Wildman–Crippen LogP) is 4.12. The van der Waals surface area contributed by atoms with Crippen LogP contribution in [0.5, 0.6) is 0 Å². The Morgan fingerprint density at radius 2 is 1.81 bits per heavy atom. The summed E-state index contributed by atoms with van der Waals surface area (Å²) in [6.07, 6.45) is 5.60. The first-order valence-electron chi connectivity index (χ1n) is 6.13. The van der Waals surface area contributed by atoms with Crippen molar-refractivity contribution in [3.8, 4) is 0 Å². The van der Waals surface area contributed by atoms with Gasteiger partial charge in [-0.1, -0.05) is 47.8 Å². The summed E-state index contributed by atoms with van der Waals surface area (Å²) in [7, 11) is 0. The van der Waals surface area contributed by atoms with Crippen LogP contribution in [0.25, 0.3) is 0 Å². The van der Waals surface area contributed by atoms with Gasteiger partial charge in [-0.25, -0.2) is 0 Å². The van der Waals surface area contributed by atoms with Gasteiger partial charge in [0.2, 0.25) is 0 Å². The molecule has 1 N–H and O–H groups in total. The first-order chi connectivity index (χ1) is 7.68. The largest absolute Gasteiger partial charge is 0.312 e. The maximum Gasteiger partial charge on any atom is 0.0205 e. The fraction of sp³-hybridized carbons (Fsp3) is 0.571. The first kappa shape index (κ1) is 12.1. The van der Waals surface area contributed by atoms with Gasteiger partial charge in [0.25, 0.3) is 0 Å². The highest BCUT2D eigenvalue weighted by Crippen LogP contribution is 2.36. The lowest BCUT2D eigenvalue weighted by Crippen LogP contribution is -2.29. The third-order valence-corrected chi connectivity index (χ3v) is 4.13. The molecule has 1 aliphatic carbocycles. The minimum absolute atomic E-state index is 0.551. The smallest absolute Gasteiger partial charge is 0.0205 e. The average Bonchev–Trinajstić information content (AvgIpc) is 2.69. The number of hydrogen-bond donors (Lipinski definition) is 1. The molecular formula is C14H20BrN. The van der Waals surface area contributed by atoms with E-state index in [0.717, 1.165) is 17.6 Å². The standard InChI is InChI=1S/C14H20BrN/c1-14(8-2-3-9-14)11-16-10-12-4-6-13(15)7-5-12/h4-7,16H,2-3,8-11H2,1H3. The van der Waals surface area contributed by atoms with E-state index < -0.39 is 0 Å². The van der Waals surface area contributed by atoms with E-state index in [4.69, 9.17) is 0 Å². The second kappa shape index (κ2) is 5.33.